The highest BCUT2D eigenvalue weighted by atomic mass is 32.2. The van der Waals surface area contributed by atoms with Gasteiger partial charge >= 0.3 is 0 Å². The number of nitrogens with one attached hydrogen (secondary N) is 2. The summed E-state index contributed by atoms with van der Waals surface area (Å²) in [5, 5.41) is 6.05. The Bertz CT molecular complexity index is 450. The lowest BCUT2D eigenvalue weighted by molar-refractivity contribution is 0.0949. The van der Waals surface area contributed by atoms with Crippen molar-refractivity contribution in [1.29, 1.82) is 0 Å². The maximum absolute atomic E-state index is 14.0. The summed E-state index contributed by atoms with van der Waals surface area (Å²) in [6.45, 7) is 3.01. The van der Waals surface area contributed by atoms with E-state index in [-0.39, 0.29) is 17.3 Å². The average Bonchev–Trinajstić information content (AvgIpc) is 2.92. The summed E-state index contributed by atoms with van der Waals surface area (Å²) < 4.78 is 14.0. The summed E-state index contributed by atoms with van der Waals surface area (Å²) in [5.41, 5.74) is 0.0500. The van der Waals surface area contributed by atoms with Gasteiger partial charge in [0.1, 0.15) is 0 Å². The second-order valence-corrected chi connectivity index (χ2v) is 5.80. The number of thioether (sulfide) groups is 1. The highest BCUT2D eigenvalue weighted by Crippen LogP contribution is 2.25. The van der Waals surface area contributed by atoms with E-state index in [1.807, 2.05) is 18.7 Å². The number of anilines is 1. The van der Waals surface area contributed by atoms with Gasteiger partial charge in [0.25, 0.3) is 5.91 Å². The largest absolute Gasteiger partial charge is 0.368 e. The van der Waals surface area contributed by atoms with E-state index < -0.39 is 5.82 Å². The van der Waals surface area contributed by atoms with Crippen molar-refractivity contribution in [2.45, 2.75) is 25.0 Å². The summed E-state index contributed by atoms with van der Waals surface area (Å²) in [5.74, 6) is 0.326. The molecule has 0 spiro atoms. The molecule has 0 aliphatic carbocycles. The van der Waals surface area contributed by atoms with E-state index in [0.717, 1.165) is 12.2 Å². The zero-order valence-corrected chi connectivity index (χ0v) is 11.7. The molecule has 6 heteroatoms. The van der Waals surface area contributed by atoms with Gasteiger partial charge in [0, 0.05) is 24.5 Å². The molecule has 1 saturated heterocycles. The lowest BCUT2D eigenvalue weighted by Gasteiger charge is -2.11. The zero-order valence-electron chi connectivity index (χ0n) is 10.9. The van der Waals surface area contributed by atoms with Crippen LogP contribution in [0, 0.1) is 5.82 Å². The maximum Gasteiger partial charge on any atom is 0.254 e. The van der Waals surface area contributed by atoms with Crippen molar-refractivity contribution in [3.63, 3.8) is 0 Å². The molecule has 0 radical (unpaired) electrons. The Morgan fingerprint density at radius 3 is 3.16 bits per heavy atom. The van der Waals surface area contributed by atoms with Crippen LogP contribution >= 0.6 is 11.8 Å². The molecular formula is C13H18FN3OS. The molecule has 1 aromatic rings. The summed E-state index contributed by atoms with van der Waals surface area (Å²) in [6, 6.07) is 1.41. The van der Waals surface area contributed by atoms with Crippen LogP contribution in [-0.2, 0) is 0 Å². The van der Waals surface area contributed by atoms with Crippen LogP contribution in [0.2, 0.25) is 0 Å². The number of amides is 1. The van der Waals surface area contributed by atoms with Crippen molar-refractivity contribution in [3.8, 4) is 0 Å². The Morgan fingerprint density at radius 2 is 2.47 bits per heavy atom. The van der Waals surface area contributed by atoms with Crippen LogP contribution in [0.15, 0.2) is 12.3 Å². The third-order valence-corrected chi connectivity index (χ3v) is 4.39. The lowest BCUT2D eigenvalue weighted by Crippen LogP contribution is -2.30. The first-order chi connectivity index (χ1) is 9.22. The van der Waals surface area contributed by atoms with Gasteiger partial charge in [-0.1, -0.05) is 0 Å². The predicted octanol–water partition coefficient (Wildman–Crippen LogP) is 2.28. The number of hydrogen-bond acceptors (Lipinski definition) is 4. The molecule has 2 heterocycles. The number of rotatable bonds is 5. The second-order valence-electron chi connectivity index (χ2n) is 4.40. The molecule has 1 atom stereocenters. The topological polar surface area (TPSA) is 54.0 Å². The summed E-state index contributed by atoms with van der Waals surface area (Å²) in [6.07, 6.45) is 3.76. The van der Waals surface area contributed by atoms with Crippen LogP contribution < -0.4 is 10.6 Å². The van der Waals surface area contributed by atoms with Crippen LogP contribution in [0.25, 0.3) is 0 Å². The Morgan fingerprint density at radius 1 is 1.63 bits per heavy atom. The SMILES string of the molecule is CCNc1nccc(C(=O)NCC2CCCS2)c1F. The molecule has 1 fully saturated rings. The minimum atomic E-state index is -0.582. The first-order valence-corrected chi connectivity index (χ1v) is 7.55. The third kappa shape index (κ3) is 3.59. The van der Waals surface area contributed by atoms with E-state index in [0.29, 0.717) is 18.3 Å². The normalized spacial score (nSPS) is 18.3. The van der Waals surface area contributed by atoms with Gasteiger partial charge in [0.05, 0.1) is 5.56 Å². The molecule has 2 rings (SSSR count). The fraction of sp³-hybridized carbons (Fsp3) is 0.538. The molecule has 4 nitrogen and oxygen atoms in total. The van der Waals surface area contributed by atoms with E-state index in [2.05, 4.69) is 15.6 Å². The predicted molar refractivity (Wildman–Crippen MR) is 76.2 cm³/mol. The smallest absolute Gasteiger partial charge is 0.254 e. The second kappa shape index (κ2) is 6.75. The first kappa shape index (κ1) is 14.1. The Kier molecular flexibility index (Phi) is 5.01. The highest BCUT2D eigenvalue weighted by Gasteiger charge is 2.19. The molecule has 0 aromatic carbocycles. The standard InChI is InChI=1S/C13H18FN3OS/c1-2-15-12-11(14)10(5-6-16-12)13(18)17-8-9-4-3-7-19-9/h5-6,9H,2-4,7-8H2,1H3,(H,15,16)(H,17,18). The summed E-state index contributed by atoms with van der Waals surface area (Å²) in [7, 11) is 0. The van der Waals surface area contributed by atoms with Crippen molar-refractivity contribution in [2.75, 3.05) is 24.2 Å². The molecule has 104 valence electrons. The fourth-order valence-electron chi connectivity index (χ4n) is 2.02. The molecule has 2 N–H and O–H groups in total. The van der Waals surface area contributed by atoms with Crippen LogP contribution in [0.3, 0.4) is 0 Å². The molecule has 1 unspecified atom stereocenters. The Balaban J connectivity index is 1.99. The number of carbonyl (C=O) groups is 1. The number of halogens is 1. The molecule has 0 saturated carbocycles. The van der Waals surface area contributed by atoms with Crippen molar-refractivity contribution in [3.05, 3.63) is 23.6 Å². The lowest BCUT2D eigenvalue weighted by atomic mass is 10.2. The van der Waals surface area contributed by atoms with Crippen LogP contribution in [0.5, 0.6) is 0 Å². The molecule has 1 aromatic heterocycles. The molecule has 1 amide bonds. The summed E-state index contributed by atoms with van der Waals surface area (Å²) >= 11 is 1.86. The van der Waals surface area contributed by atoms with Gasteiger partial charge in [0.15, 0.2) is 11.6 Å². The minimum Gasteiger partial charge on any atom is -0.368 e. The van der Waals surface area contributed by atoms with Gasteiger partial charge in [-0.15, -0.1) is 0 Å². The molecule has 19 heavy (non-hydrogen) atoms. The Hall–Kier alpha value is -1.30. The maximum atomic E-state index is 14.0. The molecule has 1 aliphatic heterocycles. The zero-order chi connectivity index (χ0) is 13.7. The van der Waals surface area contributed by atoms with E-state index in [9.17, 15) is 9.18 Å². The molecule has 0 bridgehead atoms. The average molecular weight is 283 g/mol. The molecular weight excluding hydrogens is 265 g/mol. The van der Waals surface area contributed by atoms with Crippen LogP contribution in [-0.4, -0.2) is 35.0 Å². The van der Waals surface area contributed by atoms with E-state index in [1.165, 1.54) is 18.7 Å². The first-order valence-electron chi connectivity index (χ1n) is 6.50. The van der Waals surface area contributed by atoms with E-state index in [1.54, 1.807) is 0 Å². The van der Waals surface area contributed by atoms with Gasteiger partial charge in [-0.3, -0.25) is 4.79 Å². The van der Waals surface area contributed by atoms with Gasteiger partial charge in [-0.2, -0.15) is 11.8 Å². The number of aromatic nitrogens is 1. The van der Waals surface area contributed by atoms with Gasteiger partial charge in [-0.25, -0.2) is 9.37 Å². The van der Waals surface area contributed by atoms with Crippen LogP contribution in [0.4, 0.5) is 10.2 Å². The quantitative estimate of drug-likeness (QED) is 0.870. The van der Waals surface area contributed by atoms with Crippen molar-refractivity contribution in [1.82, 2.24) is 10.3 Å². The van der Waals surface area contributed by atoms with Crippen molar-refractivity contribution < 1.29 is 9.18 Å². The number of nitrogens with zero attached hydrogens (tertiary/aromatic N) is 1. The number of hydrogen-bond donors (Lipinski definition) is 2. The summed E-state index contributed by atoms with van der Waals surface area (Å²) in [4.78, 5) is 15.8. The molecule has 1 aliphatic rings. The van der Waals surface area contributed by atoms with Gasteiger partial charge in [-0.05, 0) is 31.6 Å². The van der Waals surface area contributed by atoms with Gasteiger partial charge < -0.3 is 10.6 Å². The van der Waals surface area contributed by atoms with Crippen LogP contribution in [0.1, 0.15) is 30.1 Å². The van der Waals surface area contributed by atoms with Gasteiger partial charge in [0.2, 0.25) is 0 Å². The van der Waals surface area contributed by atoms with E-state index >= 15 is 0 Å². The minimum absolute atomic E-state index is 0.0500. The van der Waals surface area contributed by atoms with Crippen molar-refractivity contribution >= 4 is 23.5 Å². The number of carbonyl (C=O) groups excluding carboxylic acids is 1. The number of pyridine rings is 1. The Labute approximate surface area is 116 Å². The monoisotopic (exact) mass is 283 g/mol. The fourth-order valence-corrected chi connectivity index (χ4v) is 3.22. The third-order valence-electron chi connectivity index (χ3n) is 2.99. The van der Waals surface area contributed by atoms with E-state index in [4.69, 9.17) is 0 Å². The van der Waals surface area contributed by atoms with Crippen molar-refractivity contribution in [2.24, 2.45) is 0 Å². The highest BCUT2D eigenvalue weighted by molar-refractivity contribution is 8.00.